The predicted octanol–water partition coefficient (Wildman–Crippen LogP) is 0.613. The van der Waals surface area contributed by atoms with E-state index in [1.807, 2.05) is 37.3 Å². The first-order chi connectivity index (χ1) is 18.0. The summed E-state index contributed by atoms with van der Waals surface area (Å²) < 4.78 is 4.77. The van der Waals surface area contributed by atoms with Gasteiger partial charge in [-0.25, -0.2) is 0 Å². The molecule has 0 radical (unpaired) electrons. The highest BCUT2D eigenvalue weighted by atomic mass is 32.2. The molecule has 1 aromatic rings. The zero-order chi connectivity index (χ0) is 26.0. The lowest BCUT2D eigenvalue weighted by molar-refractivity contribution is -0.142. The lowest BCUT2D eigenvalue weighted by Crippen LogP contribution is -2.57. The van der Waals surface area contributed by atoms with Crippen LogP contribution in [-0.2, 0) is 25.7 Å². The van der Waals surface area contributed by atoms with Crippen LogP contribution in [0, 0.1) is 11.8 Å². The fraction of sp³-hybridized carbons (Fsp3) is 0.667. The first-order valence-electron chi connectivity index (χ1n) is 13.5. The molecule has 0 saturated carbocycles. The van der Waals surface area contributed by atoms with Crippen molar-refractivity contribution < 1.29 is 24.2 Å². The molecular weight excluding hydrogens is 492 g/mol. The second-order valence-corrected chi connectivity index (χ2v) is 12.1. The van der Waals surface area contributed by atoms with Gasteiger partial charge in [-0.05, 0) is 24.8 Å². The van der Waals surface area contributed by atoms with Crippen LogP contribution in [0.2, 0.25) is 0 Å². The molecule has 2 bridgehead atoms. The van der Waals surface area contributed by atoms with Crippen LogP contribution in [0.1, 0.15) is 31.7 Å². The molecule has 4 heterocycles. The van der Waals surface area contributed by atoms with E-state index in [0.717, 1.165) is 38.0 Å². The highest BCUT2D eigenvalue weighted by molar-refractivity contribution is 8.02. The number of rotatable bonds is 10. The largest absolute Gasteiger partial charge is 0.394 e. The van der Waals surface area contributed by atoms with Crippen molar-refractivity contribution in [2.24, 2.45) is 11.8 Å². The Hall–Kier alpha value is -2.14. The van der Waals surface area contributed by atoms with Gasteiger partial charge < -0.3 is 25.4 Å². The third-order valence-electron chi connectivity index (χ3n) is 8.51. The van der Waals surface area contributed by atoms with Gasteiger partial charge in [0.2, 0.25) is 17.7 Å². The molecule has 1 aromatic carbocycles. The van der Waals surface area contributed by atoms with Crippen LogP contribution < -0.4 is 10.6 Å². The molecule has 4 saturated heterocycles. The Morgan fingerprint density at radius 2 is 1.95 bits per heavy atom. The first-order valence-corrected chi connectivity index (χ1v) is 14.4. The van der Waals surface area contributed by atoms with Crippen LogP contribution in [0.15, 0.2) is 30.3 Å². The van der Waals surface area contributed by atoms with E-state index < -0.39 is 28.7 Å². The molecule has 5 rings (SSSR count). The van der Waals surface area contributed by atoms with Crippen molar-refractivity contribution in [1.29, 1.82) is 0 Å². The number of morpholine rings is 1. The summed E-state index contributed by atoms with van der Waals surface area (Å²) in [6.07, 6.45) is 2.07. The Morgan fingerprint density at radius 3 is 2.65 bits per heavy atom. The summed E-state index contributed by atoms with van der Waals surface area (Å²) in [6.45, 7) is 6.42. The topological polar surface area (TPSA) is 111 Å². The summed E-state index contributed by atoms with van der Waals surface area (Å²) in [5.74, 6) is -1.48. The summed E-state index contributed by atoms with van der Waals surface area (Å²) in [5, 5.41) is 16.3. The fourth-order valence-corrected chi connectivity index (χ4v) is 8.87. The number of carbonyl (C=O) groups excluding carboxylic acids is 3. The maximum Gasteiger partial charge on any atom is 0.244 e. The van der Waals surface area contributed by atoms with Gasteiger partial charge in [0.15, 0.2) is 0 Å². The SMILES string of the molecule is CC[C@@H](CO)N1C(=O)[C@@H]2[C@@H](C(=O)NCc3ccccc3)[C@H]3CCC2(S3)C1C(=O)NCCN1CCOCC1. The molecule has 3 N–H and O–H groups in total. The predicted molar refractivity (Wildman–Crippen MR) is 141 cm³/mol. The lowest BCUT2D eigenvalue weighted by Gasteiger charge is -2.37. The molecule has 6 atom stereocenters. The van der Waals surface area contributed by atoms with Crippen LogP contribution in [0.5, 0.6) is 0 Å². The van der Waals surface area contributed by atoms with Gasteiger partial charge in [0.1, 0.15) is 6.04 Å². The number of aliphatic hydroxyl groups excluding tert-OH is 1. The zero-order valence-electron chi connectivity index (χ0n) is 21.4. The number of amides is 3. The molecule has 10 heteroatoms. The highest BCUT2D eigenvalue weighted by Crippen LogP contribution is 2.66. The highest BCUT2D eigenvalue weighted by Gasteiger charge is 2.74. The van der Waals surface area contributed by atoms with E-state index in [0.29, 0.717) is 32.7 Å². The van der Waals surface area contributed by atoms with Crippen LogP contribution >= 0.6 is 11.8 Å². The Morgan fingerprint density at radius 1 is 1.19 bits per heavy atom. The number of benzene rings is 1. The first kappa shape index (κ1) is 26.5. The minimum Gasteiger partial charge on any atom is -0.394 e. The van der Waals surface area contributed by atoms with Crippen LogP contribution in [0.3, 0.4) is 0 Å². The zero-order valence-corrected chi connectivity index (χ0v) is 22.3. The second kappa shape index (κ2) is 11.3. The number of carbonyl (C=O) groups is 3. The maximum atomic E-state index is 14.0. The fourth-order valence-electron chi connectivity index (χ4n) is 6.66. The average Bonchev–Trinajstić information content (AvgIpc) is 3.57. The minimum absolute atomic E-state index is 0.0183. The van der Waals surface area contributed by atoms with Crippen molar-refractivity contribution >= 4 is 29.5 Å². The number of ether oxygens (including phenoxy) is 1. The van der Waals surface area contributed by atoms with Crippen molar-refractivity contribution in [2.75, 3.05) is 46.0 Å². The third kappa shape index (κ3) is 4.89. The Balaban J connectivity index is 1.34. The van der Waals surface area contributed by atoms with Gasteiger partial charge in [0.05, 0.1) is 42.4 Å². The van der Waals surface area contributed by atoms with Crippen LogP contribution in [0.25, 0.3) is 0 Å². The van der Waals surface area contributed by atoms with Crippen molar-refractivity contribution in [3.63, 3.8) is 0 Å². The van der Waals surface area contributed by atoms with E-state index in [2.05, 4.69) is 15.5 Å². The Labute approximate surface area is 222 Å². The van der Waals surface area contributed by atoms with Gasteiger partial charge in [-0.1, -0.05) is 37.3 Å². The summed E-state index contributed by atoms with van der Waals surface area (Å²) in [7, 11) is 0. The van der Waals surface area contributed by atoms with Crippen molar-refractivity contribution in [3.05, 3.63) is 35.9 Å². The van der Waals surface area contributed by atoms with E-state index in [1.54, 1.807) is 16.7 Å². The van der Waals surface area contributed by atoms with E-state index >= 15 is 0 Å². The molecule has 4 fully saturated rings. The number of hydrogen-bond acceptors (Lipinski definition) is 7. The molecule has 0 aliphatic carbocycles. The standard InChI is InChI=1S/C27H38N4O5S/c1-2-19(17-32)31-23(25(34)28-10-11-30-12-14-36-15-13-30)27-9-8-20(37-27)21(22(27)26(31)35)24(33)29-16-18-6-4-3-5-7-18/h3-7,19-23,32H,2,8-17H2,1H3,(H,28,34)(H,29,33)/t19-,20+,21-,22-,23?,27?/m0/s1. The minimum atomic E-state index is -0.686. The van der Waals surface area contributed by atoms with Gasteiger partial charge in [0, 0.05) is 38.0 Å². The van der Waals surface area contributed by atoms with Crippen LogP contribution in [0.4, 0.5) is 0 Å². The quantitative estimate of drug-likeness (QED) is 0.407. The number of nitrogens with one attached hydrogen (secondary N) is 2. The summed E-state index contributed by atoms with van der Waals surface area (Å²) in [5.41, 5.74) is 1.00. The summed E-state index contributed by atoms with van der Waals surface area (Å²) in [4.78, 5) is 45.1. The van der Waals surface area contributed by atoms with Gasteiger partial charge in [-0.2, -0.15) is 0 Å². The molecule has 3 amide bonds. The molecule has 202 valence electrons. The molecule has 37 heavy (non-hydrogen) atoms. The van der Waals surface area contributed by atoms with Gasteiger partial charge in [-0.15, -0.1) is 11.8 Å². The van der Waals surface area contributed by atoms with Gasteiger partial charge >= 0.3 is 0 Å². The van der Waals surface area contributed by atoms with Crippen molar-refractivity contribution in [2.45, 2.75) is 54.8 Å². The number of thioether (sulfide) groups is 1. The Bertz CT molecular complexity index is 986. The number of hydrogen-bond donors (Lipinski definition) is 3. The van der Waals surface area contributed by atoms with Crippen LogP contribution in [-0.4, -0.2) is 101 Å². The molecule has 2 unspecified atom stereocenters. The lowest BCUT2D eigenvalue weighted by atomic mass is 9.70. The smallest absolute Gasteiger partial charge is 0.244 e. The van der Waals surface area contributed by atoms with E-state index in [9.17, 15) is 19.5 Å². The monoisotopic (exact) mass is 530 g/mol. The third-order valence-corrected chi connectivity index (χ3v) is 10.5. The van der Waals surface area contributed by atoms with E-state index in [4.69, 9.17) is 4.74 Å². The van der Waals surface area contributed by atoms with Crippen molar-refractivity contribution in [3.8, 4) is 0 Å². The summed E-state index contributed by atoms with van der Waals surface area (Å²) in [6, 6.07) is 8.59. The molecule has 1 spiro atoms. The number of aliphatic hydroxyl groups is 1. The van der Waals surface area contributed by atoms with Gasteiger partial charge in [0.25, 0.3) is 0 Å². The number of nitrogens with zero attached hydrogens (tertiary/aromatic N) is 2. The second-order valence-electron chi connectivity index (χ2n) is 10.5. The van der Waals surface area contributed by atoms with Gasteiger partial charge in [-0.3, -0.25) is 19.3 Å². The summed E-state index contributed by atoms with van der Waals surface area (Å²) >= 11 is 1.66. The molecule has 9 nitrogen and oxygen atoms in total. The number of likely N-dealkylation sites (tertiary alicyclic amines) is 1. The molecular formula is C27H38N4O5S. The molecule has 4 aliphatic heterocycles. The average molecular weight is 531 g/mol. The molecule has 0 aromatic heterocycles. The van der Waals surface area contributed by atoms with E-state index in [1.165, 1.54) is 0 Å². The Kier molecular flexibility index (Phi) is 8.09. The maximum absolute atomic E-state index is 14.0. The molecule has 4 aliphatic rings. The number of fused-ring (bicyclic) bond motifs is 1. The van der Waals surface area contributed by atoms with Crippen molar-refractivity contribution in [1.82, 2.24) is 20.4 Å². The normalized spacial score (nSPS) is 31.8. The van der Waals surface area contributed by atoms with E-state index in [-0.39, 0.29) is 29.6 Å².